The van der Waals surface area contributed by atoms with Gasteiger partial charge in [-0.1, -0.05) is 0 Å². The van der Waals surface area contributed by atoms with Crippen molar-refractivity contribution in [3.05, 3.63) is 0 Å². The maximum Gasteiger partial charge on any atom is 0.389 e. The van der Waals surface area contributed by atoms with E-state index < -0.39 is 19.0 Å². The predicted octanol–water partition coefficient (Wildman–Crippen LogP) is 1.85. The van der Waals surface area contributed by atoms with Crippen LogP contribution in [0.5, 0.6) is 0 Å². The molecule has 0 bridgehead atoms. The molecule has 2 nitrogen and oxygen atoms in total. The third-order valence-electron chi connectivity index (χ3n) is 1.53. The quantitative estimate of drug-likeness (QED) is 0.670. The van der Waals surface area contributed by atoms with Gasteiger partial charge >= 0.3 is 6.18 Å². The Hall–Kier alpha value is -0.580. The van der Waals surface area contributed by atoms with Crippen molar-refractivity contribution in [2.24, 2.45) is 0 Å². The monoisotopic (exact) mass is 197 g/mol. The summed E-state index contributed by atoms with van der Waals surface area (Å²) >= 11 is 0. The first kappa shape index (κ1) is 12.4. The minimum Gasteiger partial charge on any atom is -0.309 e. The fraction of sp³-hybridized carbons (Fsp3) is 0.875. The summed E-state index contributed by atoms with van der Waals surface area (Å²) in [4.78, 5) is 12.6. The first-order chi connectivity index (χ1) is 5.81. The van der Waals surface area contributed by atoms with Crippen LogP contribution in [-0.4, -0.2) is 37.5 Å². The second kappa shape index (κ2) is 5.21. The van der Waals surface area contributed by atoms with Gasteiger partial charge in [0.15, 0.2) is 0 Å². The molecule has 0 rings (SSSR count). The van der Waals surface area contributed by atoms with Crippen LogP contribution in [0.4, 0.5) is 13.2 Å². The van der Waals surface area contributed by atoms with E-state index in [-0.39, 0.29) is 12.2 Å². The van der Waals surface area contributed by atoms with Gasteiger partial charge in [0.25, 0.3) is 0 Å². The number of halogens is 3. The summed E-state index contributed by atoms with van der Waals surface area (Å²) in [6.07, 6.45) is -5.41. The smallest absolute Gasteiger partial charge is 0.309 e. The summed E-state index contributed by atoms with van der Waals surface area (Å²) in [5.74, 6) is -0.328. The average molecular weight is 197 g/mol. The van der Waals surface area contributed by atoms with Gasteiger partial charge in [-0.2, -0.15) is 13.2 Å². The summed E-state index contributed by atoms with van der Waals surface area (Å²) in [5.41, 5.74) is 0. The molecule has 0 aromatic carbocycles. The zero-order valence-corrected chi connectivity index (χ0v) is 7.82. The minimum absolute atomic E-state index is 0.198. The van der Waals surface area contributed by atoms with Crippen LogP contribution in [0.3, 0.4) is 0 Å². The number of nitrogens with zero attached hydrogens (tertiary/aromatic N) is 1. The highest BCUT2D eigenvalue weighted by Crippen LogP contribution is 2.21. The van der Waals surface area contributed by atoms with E-state index in [2.05, 4.69) is 0 Å². The van der Waals surface area contributed by atoms with Crippen molar-refractivity contribution in [2.45, 2.75) is 25.4 Å². The molecule has 0 fully saturated rings. The van der Waals surface area contributed by atoms with E-state index in [0.29, 0.717) is 6.54 Å². The molecule has 0 atom stereocenters. The molecule has 13 heavy (non-hydrogen) atoms. The van der Waals surface area contributed by atoms with Crippen LogP contribution in [0.15, 0.2) is 0 Å². The number of Topliss-reactive ketones (excluding diaryl/α,β-unsaturated/α-hetero) is 1. The molecule has 0 saturated heterocycles. The van der Waals surface area contributed by atoms with E-state index in [1.54, 1.807) is 19.0 Å². The highest BCUT2D eigenvalue weighted by Gasteiger charge is 2.27. The van der Waals surface area contributed by atoms with Crippen LogP contribution >= 0.6 is 0 Å². The Bertz CT molecular complexity index is 165. The molecule has 0 aliphatic carbocycles. The number of alkyl halides is 3. The Labute approximate surface area is 75.7 Å². The number of hydrogen-bond donors (Lipinski definition) is 0. The number of hydrogen-bond acceptors (Lipinski definition) is 2. The van der Waals surface area contributed by atoms with E-state index in [1.165, 1.54) is 0 Å². The molecule has 0 aliphatic heterocycles. The van der Waals surface area contributed by atoms with Gasteiger partial charge in [0, 0.05) is 19.4 Å². The Morgan fingerprint density at radius 2 is 1.77 bits per heavy atom. The number of carbonyl (C=O) groups excluding carboxylic acids is 1. The Balaban J connectivity index is 3.53. The normalized spacial score (nSPS) is 12.2. The van der Waals surface area contributed by atoms with Gasteiger partial charge in [0.2, 0.25) is 0 Å². The standard InChI is InChI=1S/C8H14F3NO/c1-12(2)6-4-7(13)3-5-8(9,10)11/h3-6H2,1-2H3. The number of ketones is 1. The topological polar surface area (TPSA) is 20.3 Å². The first-order valence-corrected chi connectivity index (χ1v) is 4.04. The molecule has 5 heteroatoms. The van der Waals surface area contributed by atoms with E-state index in [0.717, 1.165) is 0 Å². The van der Waals surface area contributed by atoms with Crippen molar-refractivity contribution < 1.29 is 18.0 Å². The minimum atomic E-state index is -4.21. The lowest BCUT2D eigenvalue weighted by atomic mass is 10.1. The summed E-state index contributed by atoms with van der Waals surface area (Å²) in [6, 6.07) is 0. The van der Waals surface area contributed by atoms with Gasteiger partial charge < -0.3 is 4.90 Å². The van der Waals surface area contributed by atoms with Crippen LogP contribution in [0, 0.1) is 0 Å². The third kappa shape index (κ3) is 9.33. The van der Waals surface area contributed by atoms with Crippen LogP contribution in [0.1, 0.15) is 19.3 Å². The van der Waals surface area contributed by atoms with Crippen molar-refractivity contribution in [3.8, 4) is 0 Å². The lowest BCUT2D eigenvalue weighted by Crippen LogP contribution is -2.18. The van der Waals surface area contributed by atoms with Gasteiger partial charge in [0.05, 0.1) is 6.42 Å². The Kier molecular flexibility index (Phi) is 4.98. The molecule has 0 spiro atoms. The lowest BCUT2D eigenvalue weighted by molar-refractivity contribution is -0.143. The first-order valence-electron chi connectivity index (χ1n) is 4.04. The fourth-order valence-electron chi connectivity index (χ4n) is 0.754. The second-order valence-corrected chi connectivity index (χ2v) is 3.21. The van der Waals surface area contributed by atoms with Crippen molar-refractivity contribution in [1.29, 1.82) is 0 Å². The van der Waals surface area contributed by atoms with E-state index in [1.807, 2.05) is 0 Å². The molecule has 0 radical (unpaired) electrons. The molecule has 0 aromatic heterocycles. The lowest BCUT2D eigenvalue weighted by Gasteiger charge is -2.09. The Morgan fingerprint density at radius 1 is 1.23 bits per heavy atom. The SMILES string of the molecule is CN(C)CCC(=O)CCC(F)(F)F. The molecule has 0 aromatic rings. The van der Waals surface area contributed by atoms with E-state index >= 15 is 0 Å². The molecule has 0 amide bonds. The van der Waals surface area contributed by atoms with Gasteiger partial charge in [-0.3, -0.25) is 4.79 Å². The maximum absolute atomic E-state index is 11.7. The molecular formula is C8H14F3NO. The van der Waals surface area contributed by atoms with Crippen molar-refractivity contribution in [3.63, 3.8) is 0 Å². The number of rotatable bonds is 5. The third-order valence-corrected chi connectivity index (χ3v) is 1.53. The van der Waals surface area contributed by atoms with E-state index in [4.69, 9.17) is 0 Å². The average Bonchev–Trinajstić information content (AvgIpc) is 1.95. The molecule has 0 saturated carbocycles. The van der Waals surface area contributed by atoms with Crippen molar-refractivity contribution in [2.75, 3.05) is 20.6 Å². The van der Waals surface area contributed by atoms with Gasteiger partial charge in [-0.05, 0) is 14.1 Å². The Morgan fingerprint density at radius 3 is 2.15 bits per heavy atom. The van der Waals surface area contributed by atoms with E-state index in [9.17, 15) is 18.0 Å². The van der Waals surface area contributed by atoms with Crippen LogP contribution in [0.2, 0.25) is 0 Å². The molecule has 0 N–H and O–H groups in total. The fourth-order valence-corrected chi connectivity index (χ4v) is 0.754. The highest BCUT2D eigenvalue weighted by atomic mass is 19.4. The zero-order chi connectivity index (χ0) is 10.5. The maximum atomic E-state index is 11.7. The number of carbonyl (C=O) groups is 1. The summed E-state index contributed by atoms with van der Waals surface area (Å²) in [6.45, 7) is 0.511. The van der Waals surface area contributed by atoms with Crippen LogP contribution < -0.4 is 0 Å². The molecule has 78 valence electrons. The van der Waals surface area contributed by atoms with Crippen molar-refractivity contribution >= 4 is 5.78 Å². The van der Waals surface area contributed by atoms with Crippen LogP contribution in [-0.2, 0) is 4.79 Å². The van der Waals surface area contributed by atoms with Crippen molar-refractivity contribution in [1.82, 2.24) is 4.90 Å². The van der Waals surface area contributed by atoms with Gasteiger partial charge in [-0.15, -0.1) is 0 Å². The molecular weight excluding hydrogens is 183 g/mol. The molecule has 0 unspecified atom stereocenters. The summed E-state index contributed by atoms with van der Waals surface area (Å²) in [7, 11) is 3.55. The molecule has 0 aliphatic rings. The second-order valence-electron chi connectivity index (χ2n) is 3.21. The summed E-state index contributed by atoms with van der Waals surface area (Å²) < 4.78 is 35.0. The van der Waals surface area contributed by atoms with Gasteiger partial charge in [-0.25, -0.2) is 0 Å². The van der Waals surface area contributed by atoms with Crippen LogP contribution in [0.25, 0.3) is 0 Å². The molecule has 0 heterocycles. The van der Waals surface area contributed by atoms with Gasteiger partial charge in [0.1, 0.15) is 5.78 Å². The summed E-state index contributed by atoms with van der Waals surface area (Å²) in [5, 5.41) is 0. The highest BCUT2D eigenvalue weighted by molar-refractivity contribution is 5.78. The predicted molar refractivity (Wildman–Crippen MR) is 43.5 cm³/mol. The largest absolute Gasteiger partial charge is 0.389 e. The zero-order valence-electron chi connectivity index (χ0n) is 7.82.